The second-order valence-corrected chi connectivity index (χ2v) is 2.59. The largest absolute Gasteiger partial charge is 0.416 e. The van der Waals surface area contributed by atoms with E-state index in [4.69, 9.17) is 5.73 Å². The predicted molar refractivity (Wildman–Crippen MR) is 45.4 cm³/mol. The molecule has 0 aliphatic rings. The van der Waals surface area contributed by atoms with Crippen molar-refractivity contribution in [2.75, 3.05) is 18.1 Å². The Hall–Kier alpha value is -1.39. The van der Waals surface area contributed by atoms with Crippen LogP contribution in [0.15, 0.2) is 18.2 Å². The Morgan fingerprint density at radius 2 is 1.85 bits per heavy atom. The number of nitrogens with two attached hydrogens (primary N) is 1. The fourth-order valence-corrected chi connectivity index (χ4v) is 0.960. The molecule has 0 heterocycles. The number of benzene rings is 1. The van der Waals surface area contributed by atoms with E-state index >= 15 is 0 Å². The summed E-state index contributed by atoms with van der Waals surface area (Å²) in [4.78, 5) is 0. The van der Waals surface area contributed by atoms with Crippen LogP contribution in [0, 0.1) is 0 Å². The van der Waals surface area contributed by atoms with E-state index in [-0.39, 0.29) is 5.69 Å². The second-order valence-electron chi connectivity index (χ2n) is 2.59. The third-order valence-electron chi connectivity index (χ3n) is 1.57. The highest BCUT2D eigenvalue weighted by atomic mass is 19.4. The van der Waals surface area contributed by atoms with Crippen LogP contribution in [0.4, 0.5) is 24.5 Å². The van der Waals surface area contributed by atoms with Gasteiger partial charge in [-0.15, -0.1) is 0 Å². The molecule has 0 aliphatic carbocycles. The smallest absolute Gasteiger partial charge is 0.399 e. The Bertz CT molecular complexity index is 307. The normalized spacial score (nSPS) is 11.4. The minimum atomic E-state index is -4.35. The van der Waals surface area contributed by atoms with Crippen molar-refractivity contribution in [1.82, 2.24) is 0 Å². The van der Waals surface area contributed by atoms with Gasteiger partial charge in [0, 0.05) is 18.4 Å². The molecule has 1 aromatic rings. The molecule has 72 valence electrons. The SMILES string of the molecule is CNc1cc(N)cc(C(F)(F)F)c1. The third kappa shape index (κ3) is 2.27. The lowest BCUT2D eigenvalue weighted by Gasteiger charge is -2.09. The van der Waals surface area contributed by atoms with Crippen LogP contribution in [-0.4, -0.2) is 7.05 Å². The molecule has 0 aliphatic heterocycles. The Morgan fingerprint density at radius 1 is 1.23 bits per heavy atom. The van der Waals surface area contributed by atoms with Crippen molar-refractivity contribution in [3.63, 3.8) is 0 Å². The van der Waals surface area contributed by atoms with Crippen LogP contribution in [0.2, 0.25) is 0 Å². The van der Waals surface area contributed by atoms with Crippen molar-refractivity contribution in [3.05, 3.63) is 23.8 Å². The Morgan fingerprint density at radius 3 is 2.31 bits per heavy atom. The number of hydrogen-bond acceptors (Lipinski definition) is 2. The molecule has 0 radical (unpaired) electrons. The van der Waals surface area contributed by atoms with E-state index in [0.717, 1.165) is 12.1 Å². The lowest BCUT2D eigenvalue weighted by atomic mass is 10.1. The highest BCUT2D eigenvalue weighted by Crippen LogP contribution is 2.32. The van der Waals surface area contributed by atoms with Crippen molar-refractivity contribution < 1.29 is 13.2 Å². The summed E-state index contributed by atoms with van der Waals surface area (Å²) in [5.74, 6) is 0. The zero-order chi connectivity index (χ0) is 10.1. The van der Waals surface area contributed by atoms with E-state index in [9.17, 15) is 13.2 Å². The van der Waals surface area contributed by atoms with Crippen LogP contribution >= 0.6 is 0 Å². The number of rotatable bonds is 1. The summed E-state index contributed by atoms with van der Waals surface area (Å²) < 4.78 is 36.6. The molecule has 1 aromatic carbocycles. The molecular formula is C8H9F3N2. The average molecular weight is 190 g/mol. The maximum absolute atomic E-state index is 12.2. The Kier molecular flexibility index (Phi) is 2.36. The van der Waals surface area contributed by atoms with Crippen molar-refractivity contribution in [2.45, 2.75) is 6.18 Å². The van der Waals surface area contributed by atoms with Gasteiger partial charge in [-0.05, 0) is 18.2 Å². The predicted octanol–water partition coefficient (Wildman–Crippen LogP) is 2.33. The van der Waals surface area contributed by atoms with Gasteiger partial charge < -0.3 is 11.1 Å². The molecule has 0 unspecified atom stereocenters. The van der Waals surface area contributed by atoms with Gasteiger partial charge in [0.25, 0.3) is 0 Å². The third-order valence-corrected chi connectivity index (χ3v) is 1.57. The lowest BCUT2D eigenvalue weighted by molar-refractivity contribution is -0.137. The highest BCUT2D eigenvalue weighted by Gasteiger charge is 2.30. The summed E-state index contributed by atoms with van der Waals surface area (Å²) >= 11 is 0. The first-order valence-electron chi connectivity index (χ1n) is 3.59. The van der Waals surface area contributed by atoms with Crippen LogP contribution in [0.1, 0.15) is 5.56 Å². The highest BCUT2D eigenvalue weighted by molar-refractivity contribution is 5.57. The summed E-state index contributed by atoms with van der Waals surface area (Å²) in [5, 5.41) is 2.60. The summed E-state index contributed by atoms with van der Waals surface area (Å²) in [6.07, 6.45) is -4.35. The van der Waals surface area contributed by atoms with Gasteiger partial charge in [-0.2, -0.15) is 13.2 Å². The lowest BCUT2D eigenvalue weighted by Crippen LogP contribution is -2.06. The summed E-state index contributed by atoms with van der Waals surface area (Å²) in [6, 6.07) is 3.35. The molecule has 2 nitrogen and oxygen atoms in total. The van der Waals surface area contributed by atoms with Gasteiger partial charge in [-0.25, -0.2) is 0 Å². The topological polar surface area (TPSA) is 38.0 Å². The molecule has 0 saturated heterocycles. The van der Waals surface area contributed by atoms with E-state index in [1.807, 2.05) is 0 Å². The summed E-state index contributed by atoms with van der Waals surface area (Å²) in [7, 11) is 1.54. The summed E-state index contributed by atoms with van der Waals surface area (Å²) in [5.41, 5.74) is 5.00. The number of anilines is 2. The van der Waals surface area contributed by atoms with Gasteiger partial charge in [-0.3, -0.25) is 0 Å². The zero-order valence-corrected chi connectivity index (χ0v) is 6.94. The fourth-order valence-electron chi connectivity index (χ4n) is 0.960. The van der Waals surface area contributed by atoms with Gasteiger partial charge in [0.15, 0.2) is 0 Å². The quantitative estimate of drug-likeness (QED) is 0.667. The Balaban J connectivity index is 3.16. The van der Waals surface area contributed by atoms with Crippen molar-refractivity contribution >= 4 is 11.4 Å². The number of nitrogens with one attached hydrogen (secondary N) is 1. The first kappa shape index (κ1) is 9.70. The van der Waals surface area contributed by atoms with E-state index in [0.29, 0.717) is 5.69 Å². The molecule has 5 heteroatoms. The van der Waals surface area contributed by atoms with E-state index in [2.05, 4.69) is 5.32 Å². The molecule has 13 heavy (non-hydrogen) atoms. The minimum absolute atomic E-state index is 0.0965. The minimum Gasteiger partial charge on any atom is -0.399 e. The van der Waals surface area contributed by atoms with Crippen molar-refractivity contribution in [2.24, 2.45) is 0 Å². The molecule has 0 atom stereocenters. The fraction of sp³-hybridized carbons (Fsp3) is 0.250. The molecule has 1 rings (SSSR count). The molecule has 0 bridgehead atoms. The van der Waals surface area contributed by atoms with Gasteiger partial charge in [0.05, 0.1) is 5.56 Å². The number of halogens is 3. The molecule has 0 spiro atoms. The van der Waals surface area contributed by atoms with Crippen LogP contribution in [0.5, 0.6) is 0 Å². The summed E-state index contributed by atoms with van der Waals surface area (Å²) in [6.45, 7) is 0. The molecule has 0 fully saturated rings. The number of hydrogen-bond donors (Lipinski definition) is 2. The number of alkyl halides is 3. The van der Waals surface area contributed by atoms with E-state index in [1.165, 1.54) is 13.1 Å². The van der Waals surface area contributed by atoms with Crippen molar-refractivity contribution in [1.29, 1.82) is 0 Å². The van der Waals surface area contributed by atoms with Gasteiger partial charge in [0.1, 0.15) is 0 Å². The van der Waals surface area contributed by atoms with Crippen molar-refractivity contribution in [3.8, 4) is 0 Å². The number of nitrogen functional groups attached to an aromatic ring is 1. The van der Waals surface area contributed by atoms with Crippen LogP contribution in [0.3, 0.4) is 0 Å². The second kappa shape index (κ2) is 3.16. The molecule has 0 saturated carbocycles. The first-order valence-corrected chi connectivity index (χ1v) is 3.59. The van der Waals surface area contributed by atoms with Crippen LogP contribution in [0.25, 0.3) is 0 Å². The average Bonchev–Trinajstić information content (AvgIpc) is 2.01. The van der Waals surface area contributed by atoms with Gasteiger partial charge in [0.2, 0.25) is 0 Å². The molecule has 3 N–H and O–H groups in total. The van der Waals surface area contributed by atoms with Gasteiger partial charge >= 0.3 is 6.18 Å². The molecule has 0 aromatic heterocycles. The standard InChI is InChI=1S/C8H9F3N2/c1-13-7-3-5(8(9,10)11)2-6(12)4-7/h2-4,13H,12H2,1H3. The maximum atomic E-state index is 12.2. The first-order chi connectivity index (χ1) is 5.93. The Labute approximate surface area is 73.5 Å². The van der Waals surface area contributed by atoms with E-state index in [1.54, 1.807) is 0 Å². The monoisotopic (exact) mass is 190 g/mol. The van der Waals surface area contributed by atoms with Crippen LogP contribution < -0.4 is 11.1 Å². The maximum Gasteiger partial charge on any atom is 0.416 e. The van der Waals surface area contributed by atoms with Gasteiger partial charge in [-0.1, -0.05) is 0 Å². The van der Waals surface area contributed by atoms with E-state index < -0.39 is 11.7 Å². The molecule has 0 amide bonds. The van der Waals surface area contributed by atoms with Crippen LogP contribution in [-0.2, 0) is 6.18 Å². The molecular weight excluding hydrogens is 181 g/mol. The zero-order valence-electron chi connectivity index (χ0n) is 6.94.